The van der Waals surface area contributed by atoms with E-state index in [1.54, 1.807) is 13.8 Å². The third kappa shape index (κ3) is 2.31. The van der Waals surface area contributed by atoms with Gasteiger partial charge in [-0.2, -0.15) is 4.68 Å². The van der Waals surface area contributed by atoms with Crippen molar-refractivity contribution in [1.82, 2.24) is 20.2 Å². The lowest BCUT2D eigenvalue weighted by Crippen LogP contribution is -2.16. The van der Waals surface area contributed by atoms with Crippen LogP contribution in [0.25, 0.3) is 5.69 Å². The van der Waals surface area contributed by atoms with E-state index in [-0.39, 0.29) is 10.7 Å². The van der Waals surface area contributed by atoms with Crippen LogP contribution < -0.4 is 0 Å². The van der Waals surface area contributed by atoms with Gasteiger partial charge in [0.05, 0.1) is 12.0 Å². The summed E-state index contributed by atoms with van der Waals surface area (Å²) in [5.41, 5.74) is 0.702. The first kappa shape index (κ1) is 14.5. The molecular formula is C14H14N4O3S. The molecule has 1 aromatic carbocycles. The van der Waals surface area contributed by atoms with Crippen LogP contribution in [0.1, 0.15) is 23.8 Å². The summed E-state index contributed by atoms with van der Waals surface area (Å²) in [6, 6.07) is 10.6. The first-order valence-electron chi connectivity index (χ1n) is 6.63. The van der Waals surface area contributed by atoms with Crippen LogP contribution in [0.15, 0.2) is 52.0 Å². The maximum Gasteiger partial charge on any atom is 0.191 e. The molecule has 0 saturated carbocycles. The van der Waals surface area contributed by atoms with E-state index >= 15 is 0 Å². The fraction of sp³-hybridized carbons (Fsp3) is 0.214. The lowest BCUT2D eigenvalue weighted by molar-refractivity contribution is 0.521. The fourth-order valence-electron chi connectivity index (χ4n) is 2.20. The normalized spacial score (nSPS) is 13.2. The Balaban J connectivity index is 2.06. The van der Waals surface area contributed by atoms with Gasteiger partial charge in [0.1, 0.15) is 15.9 Å². The molecule has 0 spiro atoms. The van der Waals surface area contributed by atoms with E-state index in [2.05, 4.69) is 15.5 Å². The van der Waals surface area contributed by atoms with E-state index in [9.17, 15) is 8.42 Å². The number of aromatic nitrogens is 4. The number of nitrogens with zero attached hydrogens (tertiary/aromatic N) is 4. The third-order valence-electron chi connectivity index (χ3n) is 3.44. The van der Waals surface area contributed by atoms with Gasteiger partial charge in [-0.1, -0.05) is 18.2 Å². The Hall–Kier alpha value is -2.48. The van der Waals surface area contributed by atoms with Crippen molar-refractivity contribution in [1.29, 1.82) is 0 Å². The maximum absolute atomic E-state index is 12.7. The molecule has 22 heavy (non-hydrogen) atoms. The van der Waals surface area contributed by atoms with E-state index in [0.29, 0.717) is 11.4 Å². The first-order chi connectivity index (χ1) is 10.5. The monoisotopic (exact) mass is 318 g/mol. The standard InChI is InChI=1S/C14H14N4O3S/c1-10-13(8-9-21-10)22(19,20)11(2)14-15-16-17-18(14)12-6-4-3-5-7-12/h3-9,11H,1-2H3. The van der Waals surface area contributed by atoms with E-state index < -0.39 is 15.1 Å². The van der Waals surface area contributed by atoms with Crippen molar-refractivity contribution in [3.8, 4) is 5.69 Å². The minimum atomic E-state index is -3.64. The fourth-order valence-corrected chi connectivity index (χ4v) is 3.70. The van der Waals surface area contributed by atoms with Crippen molar-refractivity contribution in [2.45, 2.75) is 24.0 Å². The number of sulfone groups is 1. The first-order valence-corrected chi connectivity index (χ1v) is 8.18. The van der Waals surface area contributed by atoms with Crippen molar-refractivity contribution < 1.29 is 12.8 Å². The molecule has 7 nitrogen and oxygen atoms in total. The molecule has 8 heteroatoms. The molecule has 1 unspecified atom stereocenters. The van der Waals surface area contributed by atoms with Gasteiger partial charge in [0.15, 0.2) is 15.7 Å². The smallest absolute Gasteiger partial charge is 0.191 e. The zero-order chi connectivity index (χ0) is 15.7. The van der Waals surface area contributed by atoms with Crippen LogP contribution in [-0.4, -0.2) is 28.6 Å². The summed E-state index contributed by atoms with van der Waals surface area (Å²) in [5, 5.41) is 10.5. The van der Waals surface area contributed by atoms with Gasteiger partial charge in [-0.05, 0) is 42.5 Å². The second kappa shape index (κ2) is 5.38. The molecule has 1 atom stereocenters. The SMILES string of the molecule is Cc1occc1S(=O)(=O)C(C)c1nnnn1-c1ccccc1. The van der Waals surface area contributed by atoms with Gasteiger partial charge >= 0.3 is 0 Å². The van der Waals surface area contributed by atoms with Crippen LogP contribution in [0.5, 0.6) is 0 Å². The number of para-hydroxylation sites is 1. The maximum atomic E-state index is 12.7. The highest BCUT2D eigenvalue weighted by Crippen LogP contribution is 2.30. The molecule has 114 valence electrons. The zero-order valence-electron chi connectivity index (χ0n) is 12.0. The Morgan fingerprint density at radius 3 is 2.55 bits per heavy atom. The van der Waals surface area contributed by atoms with Crippen LogP contribution in [0.2, 0.25) is 0 Å². The average molecular weight is 318 g/mol. The van der Waals surface area contributed by atoms with Gasteiger partial charge in [-0.3, -0.25) is 0 Å². The van der Waals surface area contributed by atoms with Crippen molar-refractivity contribution in [3.05, 3.63) is 54.2 Å². The largest absolute Gasteiger partial charge is 0.468 e. The van der Waals surface area contributed by atoms with Crippen molar-refractivity contribution >= 4 is 9.84 Å². The van der Waals surface area contributed by atoms with Gasteiger partial charge < -0.3 is 4.42 Å². The van der Waals surface area contributed by atoms with Crippen molar-refractivity contribution in [3.63, 3.8) is 0 Å². The molecule has 2 heterocycles. The summed E-state index contributed by atoms with van der Waals surface area (Å²) in [6.07, 6.45) is 1.36. The van der Waals surface area contributed by atoms with Crippen LogP contribution in [0, 0.1) is 6.92 Å². The highest BCUT2D eigenvalue weighted by molar-refractivity contribution is 7.91. The lowest BCUT2D eigenvalue weighted by atomic mass is 10.3. The molecule has 0 bridgehead atoms. The Kier molecular flexibility index (Phi) is 3.53. The van der Waals surface area contributed by atoms with Gasteiger partial charge in [-0.25, -0.2) is 8.42 Å². The number of tetrazole rings is 1. The summed E-state index contributed by atoms with van der Waals surface area (Å²) in [6.45, 7) is 3.17. The molecule has 0 aliphatic rings. The minimum absolute atomic E-state index is 0.155. The molecule has 0 aliphatic carbocycles. The molecule has 2 aromatic heterocycles. The number of benzene rings is 1. The number of aryl methyl sites for hydroxylation is 1. The lowest BCUT2D eigenvalue weighted by Gasteiger charge is -2.12. The van der Waals surface area contributed by atoms with E-state index in [0.717, 1.165) is 0 Å². The molecule has 3 aromatic rings. The molecule has 0 amide bonds. The topological polar surface area (TPSA) is 90.9 Å². The van der Waals surface area contributed by atoms with Gasteiger partial charge in [0.25, 0.3) is 0 Å². The molecule has 0 saturated heterocycles. The van der Waals surface area contributed by atoms with E-state index in [1.807, 2.05) is 30.3 Å². The molecule has 0 radical (unpaired) electrons. The number of hydrogen-bond acceptors (Lipinski definition) is 6. The summed E-state index contributed by atoms with van der Waals surface area (Å²) in [4.78, 5) is 0.155. The van der Waals surface area contributed by atoms with Gasteiger partial charge in [0, 0.05) is 0 Å². The Bertz CT molecular complexity index is 884. The Labute approximate surface area is 127 Å². The molecular weight excluding hydrogens is 304 g/mol. The second-order valence-corrected chi connectivity index (χ2v) is 7.05. The molecule has 3 rings (SSSR count). The summed E-state index contributed by atoms with van der Waals surface area (Å²) >= 11 is 0. The number of furan rings is 1. The summed E-state index contributed by atoms with van der Waals surface area (Å²) < 4.78 is 32.0. The predicted octanol–water partition coefficient (Wildman–Crippen LogP) is 2.10. The zero-order valence-corrected chi connectivity index (χ0v) is 12.9. The molecule has 0 fully saturated rings. The van der Waals surface area contributed by atoms with E-state index in [4.69, 9.17) is 4.42 Å². The van der Waals surface area contributed by atoms with Gasteiger partial charge in [-0.15, -0.1) is 5.10 Å². The van der Waals surface area contributed by atoms with Gasteiger partial charge in [0.2, 0.25) is 0 Å². The van der Waals surface area contributed by atoms with E-state index in [1.165, 1.54) is 17.0 Å². The Morgan fingerprint density at radius 1 is 1.18 bits per heavy atom. The molecule has 0 N–H and O–H groups in total. The third-order valence-corrected chi connectivity index (χ3v) is 5.62. The van der Waals surface area contributed by atoms with Crippen LogP contribution >= 0.6 is 0 Å². The number of rotatable bonds is 4. The minimum Gasteiger partial charge on any atom is -0.468 e. The highest BCUT2D eigenvalue weighted by Gasteiger charge is 2.32. The summed E-state index contributed by atoms with van der Waals surface area (Å²) in [5.74, 6) is 0.609. The van der Waals surface area contributed by atoms with Crippen LogP contribution in [0.4, 0.5) is 0 Å². The highest BCUT2D eigenvalue weighted by atomic mass is 32.2. The predicted molar refractivity (Wildman–Crippen MR) is 78.2 cm³/mol. The van der Waals surface area contributed by atoms with Crippen molar-refractivity contribution in [2.75, 3.05) is 0 Å². The van der Waals surface area contributed by atoms with Crippen LogP contribution in [-0.2, 0) is 9.84 Å². The molecule has 0 aliphatic heterocycles. The second-order valence-electron chi connectivity index (χ2n) is 4.81. The Morgan fingerprint density at radius 2 is 1.91 bits per heavy atom. The quantitative estimate of drug-likeness (QED) is 0.731. The summed E-state index contributed by atoms with van der Waals surface area (Å²) in [7, 11) is -3.64. The average Bonchev–Trinajstić information content (AvgIpc) is 3.16. The van der Waals surface area contributed by atoms with Crippen molar-refractivity contribution in [2.24, 2.45) is 0 Å². The van der Waals surface area contributed by atoms with Crippen LogP contribution in [0.3, 0.4) is 0 Å². The number of hydrogen-bond donors (Lipinski definition) is 0.